The molecule has 0 aliphatic carbocycles. The fourth-order valence-corrected chi connectivity index (χ4v) is 2.96. The van der Waals surface area contributed by atoms with Gasteiger partial charge in [0.05, 0.1) is 5.69 Å². The van der Waals surface area contributed by atoms with Crippen molar-refractivity contribution in [1.29, 1.82) is 0 Å². The summed E-state index contributed by atoms with van der Waals surface area (Å²) in [6.45, 7) is 4.19. The van der Waals surface area contributed by atoms with Gasteiger partial charge < -0.3 is 0 Å². The Morgan fingerprint density at radius 2 is 1.65 bits per heavy atom. The SMILES string of the molecule is Cc1ccc(-c2ccc(SCc3ccc(F)cc3)nn2)cc1C. The predicted molar refractivity (Wildman–Crippen MR) is 92.9 cm³/mol. The molecule has 116 valence electrons. The lowest BCUT2D eigenvalue weighted by atomic mass is 10.0. The van der Waals surface area contributed by atoms with Crippen molar-refractivity contribution in [1.82, 2.24) is 10.2 Å². The van der Waals surface area contributed by atoms with Gasteiger partial charge in [-0.25, -0.2) is 4.39 Å². The highest BCUT2D eigenvalue weighted by Crippen LogP contribution is 2.24. The minimum absolute atomic E-state index is 0.212. The van der Waals surface area contributed by atoms with Crippen LogP contribution >= 0.6 is 11.8 Å². The molecule has 0 aliphatic rings. The second kappa shape index (κ2) is 6.92. The smallest absolute Gasteiger partial charge is 0.123 e. The molecule has 0 bridgehead atoms. The van der Waals surface area contributed by atoms with Crippen LogP contribution in [0.2, 0.25) is 0 Å². The van der Waals surface area contributed by atoms with Gasteiger partial charge in [0.25, 0.3) is 0 Å². The minimum atomic E-state index is -0.212. The summed E-state index contributed by atoms with van der Waals surface area (Å²) in [5.41, 5.74) is 5.54. The van der Waals surface area contributed by atoms with Crippen molar-refractivity contribution in [3.63, 3.8) is 0 Å². The first kappa shape index (κ1) is 15.7. The lowest BCUT2D eigenvalue weighted by Gasteiger charge is -2.05. The number of aryl methyl sites for hydroxylation is 2. The molecule has 0 aliphatic heterocycles. The molecular formula is C19H17FN2S. The third kappa shape index (κ3) is 3.96. The van der Waals surface area contributed by atoms with Crippen LogP contribution in [0.1, 0.15) is 16.7 Å². The van der Waals surface area contributed by atoms with Crippen molar-refractivity contribution in [2.75, 3.05) is 0 Å². The van der Waals surface area contributed by atoms with Gasteiger partial charge in [0.2, 0.25) is 0 Å². The number of thioether (sulfide) groups is 1. The van der Waals surface area contributed by atoms with Crippen LogP contribution in [0.3, 0.4) is 0 Å². The lowest BCUT2D eigenvalue weighted by molar-refractivity contribution is 0.627. The van der Waals surface area contributed by atoms with Crippen molar-refractivity contribution < 1.29 is 4.39 Å². The molecule has 0 amide bonds. The Morgan fingerprint density at radius 3 is 2.30 bits per heavy atom. The number of halogens is 1. The normalized spacial score (nSPS) is 10.7. The monoisotopic (exact) mass is 324 g/mol. The molecule has 3 aromatic rings. The Kier molecular flexibility index (Phi) is 4.72. The summed E-state index contributed by atoms with van der Waals surface area (Å²) in [5.74, 6) is 0.536. The average molecular weight is 324 g/mol. The van der Waals surface area contributed by atoms with E-state index in [4.69, 9.17) is 0 Å². The van der Waals surface area contributed by atoms with Gasteiger partial charge >= 0.3 is 0 Å². The first-order valence-electron chi connectivity index (χ1n) is 7.40. The number of benzene rings is 2. The van der Waals surface area contributed by atoms with E-state index in [0.717, 1.165) is 27.6 Å². The van der Waals surface area contributed by atoms with E-state index < -0.39 is 0 Å². The van der Waals surface area contributed by atoms with Crippen LogP contribution in [-0.4, -0.2) is 10.2 Å². The molecule has 0 spiro atoms. The van der Waals surface area contributed by atoms with E-state index in [1.165, 1.54) is 23.3 Å². The summed E-state index contributed by atoms with van der Waals surface area (Å²) in [6.07, 6.45) is 0. The van der Waals surface area contributed by atoms with E-state index in [1.807, 2.05) is 12.1 Å². The third-order valence-corrected chi connectivity index (χ3v) is 4.73. The molecule has 4 heteroatoms. The number of aromatic nitrogens is 2. The zero-order valence-corrected chi connectivity index (χ0v) is 13.9. The zero-order chi connectivity index (χ0) is 16.2. The maximum Gasteiger partial charge on any atom is 0.123 e. The number of hydrogen-bond donors (Lipinski definition) is 0. The van der Waals surface area contributed by atoms with Gasteiger partial charge in [-0.15, -0.1) is 10.2 Å². The van der Waals surface area contributed by atoms with E-state index in [9.17, 15) is 4.39 Å². The minimum Gasteiger partial charge on any atom is -0.207 e. The van der Waals surface area contributed by atoms with Crippen molar-refractivity contribution in [3.8, 4) is 11.3 Å². The van der Waals surface area contributed by atoms with Crippen molar-refractivity contribution in [2.45, 2.75) is 24.6 Å². The Balaban J connectivity index is 1.69. The highest BCUT2D eigenvalue weighted by atomic mass is 32.2. The molecule has 0 radical (unpaired) electrons. The molecule has 2 aromatic carbocycles. The number of hydrogen-bond acceptors (Lipinski definition) is 3. The van der Waals surface area contributed by atoms with Gasteiger partial charge in [0, 0.05) is 11.3 Å². The fourth-order valence-electron chi connectivity index (χ4n) is 2.19. The lowest BCUT2D eigenvalue weighted by Crippen LogP contribution is -1.91. The Bertz CT molecular complexity index is 799. The number of nitrogens with zero attached hydrogens (tertiary/aromatic N) is 2. The molecule has 2 nitrogen and oxygen atoms in total. The molecular weight excluding hydrogens is 307 g/mol. The van der Waals surface area contributed by atoms with Crippen LogP contribution in [0.4, 0.5) is 4.39 Å². The van der Waals surface area contributed by atoms with E-state index in [-0.39, 0.29) is 5.82 Å². The summed E-state index contributed by atoms with van der Waals surface area (Å²) >= 11 is 1.59. The molecule has 0 saturated carbocycles. The summed E-state index contributed by atoms with van der Waals surface area (Å²) in [5, 5.41) is 9.46. The van der Waals surface area contributed by atoms with Gasteiger partial charge in [-0.05, 0) is 60.9 Å². The molecule has 1 aromatic heterocycles. The molecule has 0 fully saturated rings. The van der Waals surface area contributed by atoms with Gasteiger partial charge in [-0.1, -0.05) is 36.0 Å². The Hall–Kier alpha value is -2.20. The molecule has 1 heterocycles. The molecule has 0 atom stereocenters. The van der Waals surface area contributed by atoms with Gasteiger partial charge in [0.1, 0.15) is 10.8 Å². The molecule has 0 unspecified atom stereocenters. The van der Waals surface area contributed by atoms with E-state index in [1.54, 1.807) is 23.9 Å². The Labute approximate surface area is 139 Å². The zero-order valence-electron chi connectivity index (χ0n) is 13.1. The molecule has 3 rings (SSSR count). The first-order valence-corrected chi connectivity index (χ1v) is 8.39. The highest BCUT2D eigenvalue weighted by Gasteiger charge is 2.04. The van der Waals surface area contributed by atoms with Crippen LogP contribution in [0.15, 0.2) is 59.6 Å². The second-order valence-electron chi connectivity index (χ2n) is 5.47. The maximum absolute atomic E-state index is 12.9. The highest BCUT2D eigenvalue weighted by molar-refractivity contribution is 7.98. The van der Waals surface area contributed by atoms with Crippen LogP contribution < -0.4 is 0 Å². The molecule has 0 saturated heterocycles. The largest absolute Gasteiger partial charge is 0.207 e. The van der Waals surface area contributed by atoms with Crippen LogP contribution in [-0.2, 0) is 5.75 Å². The number of rotatable bonds is 4. The first-order chi connectivity index (χ1) is 11.1. The predicted octanol–water partition coefficient (Wildman–Crippen LogP) is 5.19. The average Bonchev–Trinajstić information content (AvgIpc) is 2.57. The summed E-state index contributed by atoms with van der Waals surface area (Å²) in [4.78, 5) is 0. The van der Waals surface area contributed by atoms with Gasteiger partial charge in [-0.2, -0.15) is 0 Å². The standard InChI is InChI=1S/C19H17FN2S/c1-13-3-6-16(11-14(13)2)18-9-10-19(22-21-18)23-12-15-4-7-17(20)8-5-15/h3-11H,12H2,1-2H3. The van der Waals surface area contributed by atoms with E-state index >= 15 is 0 Å². The summed E-state index contributed by atoms with van der Waals surface area (Å²) in [6, 6.07) is 16.8. The molecule has 0 N–H and O–H groups in total. The second-order valence-corrected chi connectivity index (χ2v) is 6.47. The van der Waals surface area contributed by atoms with Crippen molar-refractivity contribution in [2.24, 2.45) is 0 Å². The van der Waals surface area contributed by atoms with Crippen LogP contribution in [0.5, 0.6) is 0 Å². The quantitative estimate of drug-likeness (QED) is 0.618. The van der Waals surface area contributed by atoms with Crippen LogP contribution in [0.25, 0.3) is 11.3 Å². The van der Waals surface area contributed by atoms with Crippen molar-refractivity contribution in [3.05, 3.63) is 77.1 Å². The topological polar surface area (TPSA) is 25.8 Å². The van der Waals surface area contributed by atoms with Gasteiger partial charge in [0.15, 0.2) is 0 Å². The van der Waals surface area contributed by atoms with Crippen molar-refractivity contribution >= 4 is 11.8 Å². The maximum atomic E-state index is 12.9. The summed E-state index contributed by atoms with van der Waals surface area (Å²) < 4.78 is 12.9. The molecule has 23 heavy (non-hydrogen) atoms. The Morgan fingerprint density at radius 1 is 0.870 bits per heavy atom. The van der Waals surface area contributed by atoms with E-state index in [0.29, 0.717) is 0 Å². The van der Waals surface area contributed by atoms with E-state index in [2.05, 4.69) is 42.2 Å². The fraction of sp³-hybridized carbons (Fsp3) is 0.158. The summed E-state index contributed by atoms with van der Waals surface area (Å²) in [7, 11) is 0. The van der Waals surface area contributed by atoms with Crippen LogP contribution in [0, 0.1) is 19.7 Å². The third-order valence-electron chi connectivity index (χ3n) is 3.74. The van der Waals surface area contributed by atoms with Gasteiger partial charge in [-0.3, -0.25) is 0 Å².